The summed E-state index contributed by atoms with van der Waals surface area (Å²) < 4.78 is 16.6. The SMILES string of the molecule is C=C(C)C(=O)OCc1cc(-c2ccc([Si](C)(C)CCCC)cc2)ccc1OCC1CO1. The van der Waals surface area contributed by atoms with Crippen LogP contribution in [0.15, 0.2) is 54.6 Å². The number of esters is 1. The van der Waals surface area contributed by atoms with Crippen LogP contribution in [0.1, 0.15) is 32.3 Å². The lowest BCUT2D eigenvalue weighted by atomic mass is 10.0. The Kier molecular flexibility index (Phi) is 7.73. The number of epoxide rings is 1. The smallest absolute Gasteiger partial charge is 0.333 e. The molecule has 1 aliphatic heterocycles. The fraction of sp³-hybridized carbons (Fsp3) is 0.423. The molecule has 1 atom stereocenters. The zero-order chi connectivity index (χ0) is 22.4. The number of carbonyl (C=O) groups excluding carboxylic acids is 1. The highest BCUT2D eigenvalue weighted by atomic mass is 28.3. The third-order valence-corrected chi connectivity index (χ3v) is 9.25. The largest absolute Gasteiger partial charge is 0.490 e. The number of hydrogen-bond acceptors (Lipinski definition) is 4. The maximum Gasteiger partial charge on any atom is 0.333 e. The number of benzene rings is 2. The van der Waals surface area contributed by atoms with Gasteiger partial charge in [0.15, 0.2) is 0 Å². The molecule has 0 spiro atoms. The molecule has 1 heterocycles. The molecule has 2 aromatic carbocycles. The summed E-state index contributed by atoms with van der Waals surface area (Å²) in [5, 5.41) is 1.49. The molecule has 1 fully saturated rings. The van der Waals surface area contributed by atoms with Gasteiger partial charge in [-0.1, -0.05) is 81.0 Å². The molecule has 31 heavy (non-hydrogen) atoms. The first-order chi connectivity index (χ1) is 14.8. The van der Waals surface area contributed by atoms with Gasteiger partial charge in [0.25, 0.3) is 0 Å². The first-order valence-electron chi connectivity index (χ1n) is 11.1. The molecule has 2 aromatic rings. The first-order valence-corrected chi connectivity index (χ1v) is 14.3. The van der Waals surface area contributed by atoms with Crippen molar-refractivity contribution < 1.29 is 19.0 Å². The first kappa shape index (κ1) is 23.3. The van der Waals surface area contributed by atoms with E-state index in [4.69, 9.17) is 14.2 Å². The highest BCUT2D eigenvalue weighted by molar-refractivity contribution is 6.89. The molecule has 1 saturated heterocycles. The molecule has 0 bridgehead atoms. The Labute approximate surface area is 187 Å². The van der Waals surface area contributed by atoms with Gasteiger partial charge in [-0.25, -0.2) is 4.79 Å². The van der Waals surface area contributed by atoms with Crippen molar-refractivity contribution in [3.05, 3.63) is 60.2 Å². The van der Waals surface area contributed by atoms with Crippen molar-refractivity contribution >= 4 is 19.2 Å². The zero-order valence-corrected chi connectivity index (χ0v) is 20.2. The van der Waals surface area contributed by atoms with E-state index in [1.54, 1.807) is 6.92 Å². The van der Waals surface area contributed by atoms with E-state index in [1.165, 1.54) is 24.1 Å². The van der Waals surface area contributed by atoms with Crippen LogP contribution in [0, 0.1) is 0 Å². The Bertz CT molecular complexity index is 914. The molecule has 4 nitrogen and oxygen atoms in total. The molecule has 1 unspecified atom stereocenters. The quantitative estimate of drug-likeness (QED) is 0.202. The lowest BCUT2D eigenvalue weighted by Gasteiger charge is -2.23. The van der Waals surface area contributed by atoms with Gasteiger partial charge < -0.3 is 14.2 Å². The van der Waals surface area contributed by atoms with Crippen LogP contribution in [0.25, 0.3) is 11.1 Å². The topological polar surface area (TPSA) is 48.1 Å². The molecule has 0 N–H and O–H groups in total. The molecular weight excluding hydrogens is 404 g/mol. The second-order valence-corrected chi connectivity index (χ2v) is 13.9. The summed E-state index contributed by atoms with van der Waals surface area (Å²) >= 11 is 0. The summed E-state index contributed by atoms with van der Waals surface area (Å²) in [6, 6.07) is 16.3. The number of unbranched alkanes of at least 4 members (excludes halogenated alkanes) is 1. The van der Waals surface area contributed by atoms with Crippen LogP contribution in [-0.4, -0.2) is 33.4 Å². The molecule has 0 amide bonds. The van der Waals surface area contributed by atoms with E-state index in [1.807, 2.05) is 12.1 Å². The maximum atomic E-state index is 11.9. The molecular formula is C26H34O4Si. The van der Waals surface area contributed by atoms with Crippen molar-refractivity contribution in [3.63, 3.8) is 0 Å². The van der Waals surface area contributed by atoms with E-state index in [2.05, 4.69) is 56.9 Å². The molecule has 0 saturated carbocycles. The fourth-order valence-electron chi connectivity index (χ4n) is 3.50. The van der Waals surface area contributed by atoms with E-state index < -0.39 is 14.0 Å². The Balaban J connectivity index is 1.80. The van der Waals surface area contributed by atoms with Gasteiger partial charge in [-0.05, 0) is 30.2 Å². The Morgan fingerprint density at radius 3 is 2.45 bits per heavy atom. The van der Waals surface area contributed by atoms with Crippen LogP contribution in [0.2, 0.25) is 19.1 Å². The Hall–Kier alpha value is -2.37. The predicted molar refractivity (Wildman–Crippen MR) is 129 cm³/mol. The van der Waals surface area contributed by atoms with Crippen LogP contribution >= 0.6 is 0 Å². The van der Waals surface area contributed by atoms with Gasteiger partial charge in [0.1, 0.15) is 25.1 Å². The highest BCUT2D eigenvalue weighted by Crippen LogP contribution is 2.29. The van der Waals surface area contributed by atoms with Crippen molar-refractivity contribution in [1.29, 1.82) is 0 Å². The fourth-order valence-corrected chi connectivity index (χ4v) is 6.10. The van der Waals surface area contributed by atoms with Gasteiger partial charge >= 0.3 is 5.97 Å². The van der Waals surface area contributed by atoms with Crippen molar-refractivity contribution in [1.82, 2.24) is 0 Å². The third kappa shape index (κ3) is 6.55. The summed E-state index contributed by atoms with van der Waals surface area (Å²) in [5.74, 6) is 0.323. The van der Waals surface area contributed by atoms with E-state index in [9.17, 15) is 4.79 Å². The van der Waals surface area contributed by atoms with Gasteiger partial charge in [0, 0.05) is 11.1 Å². The third-order valence-electron chi connectivity index (χ3n) is 5.75. The van der Waals surface area contributed by atoms with Crippen LogP contribution in [0.3, 0.4) is 0 Å². The number of carbonyl (C=O) groups is 1. The van der Waals surface area contributed by atoms with E-state index >= 15 is 0 Å². The average molecular weight is 439 g/mol. The lowest BCUT2D eigenvalue weighted by Crippen LogP contribution is -2.40. The van der Waals surface area contributed by atoms with Crippen LogP contribution < -0.4 is 9.92 Å². The van der Waals surface area contributed by atoms with Gasteiger partial charge in [0.05, 0.1) is 14.7 Å². The van der Waals surface area contributed by atoms with Crippen molar-refractivity contribution in [2.45, 2.75) is 58.5 Å². The van der Waals surface area contributed by atoms with Crippen molar-refractivity contribution in [2.75, 3.05) is 13.2 Å². The molecule has 3 rings (SSSR count). The minimum Gasteiger partial charge on any atom is -0.490 e. The molecule has 0 aliphatic carbocycles. The molecule has 0 aromatic heterocycles. The van der Waals surface area contributed by atoms with Crippen LogP contribution in [0.4, 0.5) is 0 Å². The van der Waals surface area contributed by atoms with Crippen LogP contribution in [0.5, 0.6) is 5.75 Å². The summed E-state index contributed by atoms with van der Waals surface area (Å²) in [7, 11) is -1.39. The van der Waals surface area contributed by atoms with Gasteiger partial charge in [-0.15, -0.1) is 0 Å². The second kappa shape index (κ2) is 10.3. The minimum absolute atomic E-state index is 0.148. The summed E-state index contributed by atoms with van der Waals surface area (Å²) in [6.45, 7) is 13.8. The van der Waals surface area contributed by atoms with Crippen molar-refractivity contribution in [3.8, 4) is 16.9 Å². The average Bonchev–Trinajstić information content (AvgIpc) is 3.59. The summed E-state index contributed by atoms with van der Waals surface area (Å²) in [5.41, 5.74) is 3.45. The predicted octanol–water partition coefficient (Wildman–Crippen LogP) is 5.47. The maximum absolute atomic E-state index is 11.9. The zero-order valence-electron chi connectivity index (χ0n) is 19.2. The number of hydrogen-bond donors (Lipinski definition) is 0. The van der Waals surface area contributed by atoms with Crippen molar-refractivity contribution in [2.24, 2.45) is 0 Å². The number of rotatable bonds is 11. The number of ether oxygens (including phenoxy) is 3. The minimum atomic E-state index is -1.39. The molecule has 1 aliphatic rings. The monoisotopic (exact) mass is 438 g/mol. The molecule has 166 valence electrons. The van der Waals surface area contributed by atoms with Gasteiger partial charge in [0.2, 0.25) is 0 Å². The van der Waals surface area contributed by atoms with E-state index in [0.717, 1.165) is 29.0 Å². The van der Waals surface area contributed by atoms with E-state index in [0.29, 0.717) is 12.2 Å². The summed E-state index contributed by atoms with van der Waals surface area (Å²) in [4.78, 5) is 11.9. The summed E-state index contributed by atoms with van der Waals surface area (Å²) in [6.07, 6.45) is 2.70. The highest BCUT2D eigenvalue weighted by Gasteiger charge is 2.24. The molecule has 0 radical (unpaired) electrons. The van der Waals surface area contributed by atoms with E-state index in [-0.39, 0.29) is 12.7 Å². The molecule has 5 heteroatoms. The second-order valence-electron chi connectivity index (χ2n) is 9.01. The van der Waals surface area contributed by atoms with Crippen LogP contribution in [-0.2, 0) is 20.9 Å². The standard InChI is InChI=1S/C26H34O4Si/c1-6-7-14-31(4,5)24-11-8-20(9-12-24)21-10-13-25(29-18-23-17-28-23)22(15-21)16-30-26(27)19(2)3/h8-13,15,23H,2,6-7,14,16-18H2,1,3-5H3. The normalized spacial score (nSPS) is 15.4. The van der Waals surface area contributed by atoms with Gasteiger partial charge in [-0.2, -0.15) is 0 Å². The lowest BCUT2D eigenvalue weighted by molar-refractivity contribution is -0.140. The van der Waals surface area contributed by atoms with Gasteiger partial charge in [-0.3, -0.25) is 0 Å². The Morgan fingerprint density at radius 1 is 1.16 bits per heavy atom. The Morgan fingerprint density at radius 2 is 1.84 bits per heavy atom.